The van der Waals surface area contributed by atoms with Crippen molar-refractivity contribution in [2.24, 2.45) is 0 Å². The third kappa shape index (κ3) is 4.94. The molecule has 2 N–H and O–H groups in total. The Morgan fingerprint density at radius 2 is 1.96 bits per heavy atom. The fourth-order valence-corrected chi connectivity index (χ4v) is 2.18. The number of ether oxygens (including phenoxy) is 1. The van der Waals surface area contributed by atoms with Crippen molar-refractivity contribution >= 4 is 23.5 Å². The lowest BCUT2D eigenvalue weighted by atomic mass is 10.1. The van der Waals surface area contributed by atoms with Gasteiger partial charge in [0, 0.05) is 17.3 Å². The molecule has 0 aliphatic rings. The van der Waals surface area contributed by atoms with E-state index in [1.54, 1.807) is 37.3 Å². The number of amides is 2. The third-order valence-corrected chi connectivity index (χ3v) is 3.57. The van der Waals surface area contributed by atoms with Gasteiger partial charge in [0.05, 0.1) is 19.8 Å². The summed E-state index contributed by atoms with van der Waals surface area (Å²) in [4.78, 5) is 35.6. The third-order valence-electron chi connectivity index (χ3n) is 3.57. The summed E-state index contributed by atoms with van der Waals surface area (Å²) < 4.78 is 9.63. The van der Waals surface area contributed by atoms with Gasteiger partial charge in [-0.3, -0.25) is 14.4 Å². The Hall–Kier alpha value is -3.09. The van der Waals surface area contributed by atoms with Gasteiger partial charge in [0.15, 0.2) is 5.76 Å². The van der Waals surface area contributed by atoms with Crippen molar-refractivity contribution in [1.29, 1.82) is 0 Å². The first kappa shape index (κ1) is 18.3. The molecular weight excluding hydrogens is 324 g/mol. The summed E-state index contributed by atoms with van der Waals surface area (Å²) in [7, 11) is 1.30. The lowest BCUT2D eigenvalue weighted by molar-refractivity contribution is -0.141. The Morgan fingerprint density at radius 1 is 1.20 bits per heavy atom. The SMILES string of the molecule is COC(=O)CC(C)NC(=O)c1ccc(C)c(NC(=O)c2ccco2)c1. The minimum absolute atomic E-state index is 0.0796. The van der Waals surface area contributed by atoms with Crippen LogP contribution in [0.4, 0.5) is 5.69 Å². The quantitative estimate of drug-likeness (QED) is 0.785. The Bertz CT molecular complexity index is 768. The fourth-order valence-electron chi connectivity index (χ4n) is 2.18. The second-order valence-electron chi connectivity index (χ2n) is 5.62. The van der Waals surface area contributed by atoms with E-state index in [1.165, 1.54) is 13.4 Å². The highest BCUT2D eigenvalue weighted by atomic mass is 16.5. The van der Waals surface area contributed by atoms with Crippen LogP contribution in [0.2, 0.25) is 0 Å². The number of esters is 1. The van der Waals surface area contributed by atoms with Crippen LogP contribution in [0, 0.1) is 6.92 Å². The normalized spacial score (nSPS) is 11.5. The minimum Gasteiger partial charge on any atom is -0.469 e. The average molecular weight is 344 g/mol. The molecule has 0 spiro atoms. The van der Waals surface area contributed by atoms with E-state index in [0.29, 0.717) is 11.3 Å². The summed E-state index contributed by atoms with van der Waals surface area (Å²) in [5.41, 5.74) is 1.69. The Morgan fingerprint density at radius 3 is 2.60 bits per heavy atom. The molecule has 7 nitrogen and oxygen atoms in total. The van der Waals surface area contributed by atoms with E-state index in [-0.39, 0.29) is 24.1 Å². The van der Waals surface area contributed by atoms with E-state index in [1.807, 2.05) is 6.92 Å². The molecule has 1 unspecified atom stereocenters. The van der Waals surface area contributed by atoms with Crippen LogP contribution in [-0.2, 0) is 9.53 Å². The Balaban J connectivity index is 2.08. The fraction of sp³-hybridized carbons (Fsp3) is 0.278. The molecule has 2 aromatic rings. The predicted molar refractivity (Wildman–Crippen MR) is 91.4 cm³/mol. The highest BCUT2D eigenvalue weighted by molar-refractivity contribution is 6.04. The molecule has 0 fully saturated rings. The molecule has 0 bridgehead atoms. The molecule has 0 aliphatic carbocycles. The maximum absolute atomic E-state index is 12.3. The zero-order chi connectivity index (χ0) is 18.4. The van der Waals surface area contributed by atoms with Gasteiger partial charge in [-0.15, -0.1) is 0 Å². The largest absolute Gasteiger partial charge is 0.469 e. The molecule has 132 valence electrons. The summed E-state index contributed by atoms with van der Waals surface area (Å²) in [5, 5.41) is 5.43. The maximum atomic E-state index is 12.3. The number of rotatable bonds is 6. The van der Waals surface area contributed by atoms with Crippen LogP contribution < -0.4 is 10.6 Å². The van der Waals surface area contributed by atoms with Gasteiger partial charge in [0.2, 0.25) is 0 Å². The van der Waals surface area contributed by atoms with Gasteiger partial charge < -0.3 is 19.8 Å². The number of nitrogens with one attached hydrogen (secondary N) is 2. The van der Waals surface area contributed by atoms with Crippen LogP contribution in [0.1, 0.15) is 39.8 Å². The van der Waals surface area contributed by atoms with Crippen LogP contribution in [0.15, 0.2) is 41.0 Å². The summed E-state index contributed by atoms with van der Waals surface area (Å²) in [6, 6.07) is 7.76. The van der Waals surface area contributed by atoms with Crippen molar-refractivity contribution in [3.05, 3.63) is 53.5 Å². The number of furan rings is 1. The van der Waals surface area contributed by atoms with Crippen LogP contribution in [0.25, 0.3) is 0 Å². The Labute approximate surface area is 145 Å². The summed E-state index contributed by atoms with van der Waals surface area (Å²) in [5.74, 6) is -0.960. The first-order chi connectivity index (χ1) is 11.9. The highest BCUT2D eigenvalue weighted by Crippen LogP contribution is 2.18. The number of hydrogen-bond acceptors (Lipinski definition) is 5. The molecule has 1 heterocycles. The monoisotopic (exact) mass is 344 g/mol. The van der Waals surface area contributed by atoms with Crippen LogP contribution in [0.3, 0.4) is 0 Å². The highest BCUT2D eigenvalue weighted by Gasteiger charge is 2.16. The van der Waals surface area contributed by atoms with E-state index in [9.17, 15) is 14.4 Å². The zero-order valence-electron chi connectivity index (χ0n) is 14.3. The van der Waals surface area contributed by atoms with Crippen molar-refractivity contribution in [1.82, 2.24) is 5.32 Å². The average Bonchev–Trinajstić information content (AvgIpc) is 3.11. The van der Waals surface area contributed by atoms with Gasteiger partial charge in [-0.2, -0.15) is 0 Å². The van der Waals surface area contributed by atoms with E-state index >= 15 is 0 Å². The second kappa shape index (κ2) is 8.14. The van der Waals surface area contributed by atoms with Gasteiger partial charge in [-0.05, 0) is 43.7 Å². The summed E-state index contributed by atoms with van der Waals surface area (Å²) >= 11 is 0. The van der Waals surface area contributed by atoms with Crippen molar-refractivity contribution in [3.63, 3.8) is 0 Å². The first-order valence-corrected chi connectivity index (χ1v) is 7.74. The molecule has 7 heteroatoms. The number of anilines is 1. The van der Waals surface area contributed by atoms with E-state index in [0.717, 1.165) is 5.56 Å². The minimum atomic E-state index is -0.400. The molecule has 0 saturated heterocycles. The standard InChI is InChI=1S/C18H20N2O5/c1-11-6-7-13(17(22)19-12(2)9-16(21)24-3)10-14(11)20-18(23)15-5-4-8-25-15/h4-8,10,12H,9H2,1-3H3,(H,19,22)(H,20,23). The summed E-state index contributed by atoms with van der Waals surface area (Å²) in [6.45, 7) is 3.53. The number of aryl methyl sites for hydroxylation is 1. The summed E-state index contributed by atoms with van der Waals surface area (Å²) in [6.07, 6.45) is 1.49. The topological polar surface area (TPSA) is 97.6 Å². The molecule has 2 rings (SSSR count). The smallest absolute Gasteiger partial charge is 0.307 e. The van der Waals surface area contributed by atoms with Crippen molar-refractivity contribution in [3.8, 4) is 0 Å². The van der Waals surface area contributed by atoms with Gasteiger partial charge in [-0.1, -0.05) is 6.07 Å². The number of methoxy groups -OCH3 is 1. The van der Waals surface area contributed by atoms with Gasteiger partial charge in [-0.25, -0.2) is 0 Å². The van der Waals surface area contributed by atoms with Gasteiger partial charge in [0.25, 0.3) is 11.8 Å². The Kier molecular flexibility index (Phi) is 5.94. The molecule has 1 aromatic carbocycles. The number of hydrogen-bond donors (Lipinski definition) is 2. The predicted octanol–water partition coefficient (Wildman–Crippen LogP) is 2.52. The van der Waals surface area contributed by atoms with Gasteiger partial charge in [0.1, 0.15) is 0 Å². The molecule has 0 aliphatic heterocycles. The number of carbonyl (C=O) groups is 3. The molecule has 0 saturated carbocycles. The molecule has 2 amide bonds. The van der Waals surface area contributed by atoms with E-state index in [4.69, 9.17) is 4.42 Å². The van der Waals surface area contributed by atoms with E-state index in [2.05, 4.69) is 15.4 Å². The molecule has 25 heavy (non-hydrogen) atoms. The maximum Gasteiger partial charge on any atom is 0.307 e. The molecule has 1 atom stereocenters. The molecular formula is C18H20N2O5. The zero-order valence-corrected chi connectivity index (χ0v) is 14.3. The first-order valence-electron chi connectivity index (χ1n) is 7.74. The van der Waals surface area contributed by atoms with Crippen molar-refractivity contribution in [2.75, 3.05) is 12.4 Å². The van der Waals surface area contributed by atoms with Crippen molar-refractivity contribution in [2.45, 2.75) is 26.3 Å². The van der Waals surface area contributed by atoms with Crippen LogP contribution in [0.5, 0.6) is 0 Å². The van der Waals surface area contributed by atoms with Crippen LogP contribution in [-0.4, -0.2) is 30.9 Å². The lowest BCUT2D eigenvalue weighted by Gasteiger charge is -2.14. The van der Waals surface area contributed by atoms with E-state index < -0.39 is 11.9 Å². The lowest BCUT2D eigenvalue weighted by Crippen LogP contribution is -2.34. The van der Waals surface area contributed by atoms with Gasteiger partial charge >= 0.3 is 5.97 Å². The number of benzene rings is 1. The molecule has 0 radical (unpaired) electrons. The second-order valence-corrected chi connectivity index (χ2v) is 5.62. The van der Waals surface area contributed by atoms with Crippen molar-refractivity contribution < 1.29 is 23.5 Å². The molecule has 1 aromatic heterocycles. The van der Waals surface area contributed by atoms with Crippen LogP contribution >= 0.6 is 0 Å². The number of carbonyl (C=O) groups excluding carboxylic acids is 3.